The van der Waals surface area contributed by atoms with Gasteiger partial charge in [-0.25, -0.2) is 4.79 Å². The summed E-state index contributed by atoms with van der Waals surface area (Å²) >= 11 is 0. The summed E-state index contributed by atoms with van der Waals surface area (Å²) in [5, 5.41) is 17.6. The average molecular weight is 513 g/mol. The lowest BCUT2D eigenvalue weighted by Gasteiger charge is -2.29. The van der Waals surface area contributed by atoms with E-state index in [4.69, 9.17) is 4.74 Å². The van der Waals surface area contributed by atoms with Crippen molar-refractivity contribution in [1.29, 1.82) is 5.26 Å². The molecule has 2 rings (SSSR count). The number of nitriles is 1. The lowest BCUT2D eigenvalue weighted by Crippen LogP contribution is -2.55. The molecule has 1 heterocycles. The molecule has 9 nitrogen and oxygen atoms in total. The first kappa shape index (κ1) is 29.8. The van der Waals surface area contributed by atoms with Crippen LogP contribution in [0.1, 0.15) is 77.8 Å². The van der Waals surface area contributed by atoms with E-state index in [1.54, 1.807) is 24.3 Å². The van der Waals surface area contributed by atoms with E-state index in [2.05, 4.69) is 28.9 Å². The second-order valence-electron chi connectivity index (χ2n) is 9.99. The SMILES string of the molecule is CCCC[C@H](C)[C@@H]1CC(=O)N[C@@H](Cc2ccccc2C#N)C(=O)N[C@@H](C)C(=O)N[C@H]([C@@H](C)CC)C(=O)O1. The second kappa shape index (κ2) is 14.4. The number of unbranched alkanes of at least 4 members (excludes halogenated alkanes) is 1. The lowest BCUT2D eigenvalue weighted by molar-refractivity contribution is -0.158. The minimum absolute atomic E-state index is 0.0704. The van der Waals surface area contributed by atoms with Crippen LogP contribution in [0.2, 0.25) is 0 Å². The zero-order valence-corrected chi connectivity index (χ0v) is 22.5. The molecule has 1 fully saturated rings. The van der Waals surface area contributed by atoms with E-state index in [1.165, 1.54) is 6.92 Å². The van der Waals surface area contributed by atoms with Crippen molar-refractivity contribution >= 4 is 23.7 Å². The Bertz CT molecular complexity index is 1000. The van der Waals surface area contributed by atoms with Crippen molar-refractivity contribution < 1.29 is 23.9 Å². The number of rotatable bonds is 8. The molecule has 0 saturated carbocycles. The summed E-state index contributed by atoms with van der Waals surface area (Å²) in [6, 6.07) is 6.07. The summed E-state index contributed by atoms with van der Waals surface area (Å²) in [6.45, 7) is 9.27. The number of amides is 3. The van der Waals surface area contributed by atoms with Crippen LogP contribution in [0.4, 0.5) is 0 Å². The molecule has 3 N–H and O–H groups in total. The van der Waals surface area contributed by atoms with Gasteiger partial charge in [0, 0.05) is 6.42 Å². The van der Waals surface area contributed by atoms with Crippen LogP contribution in [0.5, 0.6) is 0 Å². The Morgan fingerprint density at radius 1 is 1.03 bits per heavy atom. The smallest absolute Gasteiger partial charge is 0.329 e. The molecule has 0 aromatic heterocycles. The van der Waals surface area contributed by atoms with E-state index in [1.807, 2.05) is 20.8 Å². The molecule has 1 aliphatic heterocycles. The Kier molecular flexibility index (Phi) is 11.6. The quantitative estimate of drug-likeness (QED) is 0.458. The Hall–Kier alpha value is -3.41. The summed E-state index contributed by atoms with van der Waals surface area (Å²) in [6.07, 6.45) is 2.50. The molecular formula is C28H40N4O5. The van der Waals surface area contributed by atoms with Gasteiger partial charge in [0.2, 0.25) is 17.7 Å². The molecule has 202 valence electrons. The fourth-order valence-corrected chi connectivity index (χ4v) is 4.29. The first-order chi connectivity index (χ1) is 17.6. The van der Waals surface area contributed by atoms with Crippen molar-refractivity contribution in [1.82, 2.24) is 16.0 Å². The number of ether oxygens (including phenoxy) is 1. The van der Waals surface area contributed by atoms with Gasteiger partial charge in [-0.05, 0) is 36.8 Å². The summed E-state index contributed by atoms with van der Waals surface area (Å²) in [4.78, 5) is 52.6. The third kappa shape index (κ3) is 8.59. The molecule has 0 unspecified atom stereocenters. The lowest BCUT2D eigenvalue weighted by atomic mass is 9.94. The molecule has 9 heteroatoms. The van der Waals surface area contributed by atoms with Crippen molar-refractivity contribution in [3.8, 4) is 6.07 Å². The van der Waals surface area contributed by atoms with Gasteiger partial charge in [-0.1, -0.05) is 65.2 Å². The van der Waals surface area contributed by atoms with Crippen LogP contribution in [0.25, 0.3) is 0 Å². The number of hydrogen-bond donors (Lipinski definition) is 3. The molecule has 1 aliphatic rings. The van der Waals surface area contributed by atoms with E-state index in [0.717, 1.165) is 19.3 Å². The zero-order valence-electron chi connectivity index (χ0n) is 22.5. The zero-order chi connectivity index (χ0) is 27.5. The summed E-state index contributed by atoms with van der Waals surface area (Å²) in [5.41, 5.74) is 0.998. The van der Waals surface area contributed by atoms with Crippen molar-refractivity contribution in [2.75, 3.05) is 0 Å². The Labute approximate surface area is 219 Å². The Morgan fingerprint density at radius 3 is 2.38 bits per heavy atom. The van der Waals surface area contributed by atoms with Crippen LogP contribution in [-0.4, -0.2) is 47.9 Å². The fourth-order valence-electron chi connectivity index (χ4n) is 4.29. The molecule has 37 heavy (non-hydrogen) atoms. The molecule has 0 bridgehead atoms. The monoisotopic (exact) mass is 512 g/mol. The highest BCUT2D eigenvalue weighted by atomic mass is 16.5. The number of nitrogens with zero attached hydrogens (tertiary/aromatic N) is 1. The van der Waals surface area contributed by atoms with Gasteiger partial charge in [-0.2, -0.15) is 5.26 Å². The predicted molar refractivity (Wildman–Crippen MR) is 139 cm³/mol. The third-order valence-electron chi connectivity index (χ3n) is 7.03. The number of carbonyl (C=O) groups excluding carboxylic acids is 4. The number of cyclic esters (lactones) is 1. The van der Waals surface area contributed by atoms with Gasteiger partial charge >= 0.3 is 5.97 Å². The number of nitrogens with one attached hydrogen (secondary N) is 3. The van der Waals surface area contributed by atoms with E-state index in [0.29, 0.717) is 17.5 Å². The van der Waals surface area contributed by atoms with Crippen molar-refractivity contribution in [2.24, 2.45) is 11.8 Å². The van der Waals surface area contributed by atoms with Gasteiger partial charge in [0.15, 0.2) is 0 Å². The van der Waals surface area contributed by atoms with Crippen LogP contribution < -0.4 is 16.0 Å². The highest BCUT2D eigenvalue weighted by Crippen LogP contribution is 2.21. The number of benzene rings is 1. The fraction of sp³-hybridized carbons (Fsp3) is 0.607. The second-order valence-corrected chi connectivity index (χ2v) is 9.99. The summed E-state index contributed by atoms with van der Waals surface area (Å²) < 4.78 is 5.87. The van der Waals surface area contributed by atoms with E-state index in [-0.39, 0.29) is 24.7 Å². The van der Waals surface area contributed by atoms with Gasteiger partial charge in [-0.15, -0.1) is 0 Å². The van der Waals surface area contributed by atoms with Crippen molar-refractivity contribution in [3.05, 3.63) is 35.4 Å². The maximum atomic E-state index is 13.2. The van der Waals surface area contributed by atoms with Crippen LogP contribution in [0.3, 0.4) is 0 Å². The Balaban J connectivity index is 2.42. The normalized spacial score (nSPS) is 25.1. The van der Waals surface area contributed by atoms with Crippen LogP contribution in [0, 0.1) is 23.2 Å². The standard InChI is InChI=1S/C28H40N4O5/c1-6-8-11-18(4)23-15-24(33)31-22(14-20-12-9-10-13-21(20)16-29)27(35)30-19(5)26(34)32-25(17(3)7-2)28(36)37-23/h9-10,12-13,17-19,22-23,25H,6-8,11,14-15H2,1-5H3,(H,30,35)(H,31,33)(H,32,34)/t17-,18-,19-,22-,23-,25+/m0/s1. The molecule has 6 atom stereocenters. The molecule has 0 radical (unpaired) electrons. The highest BCUT2D eigenvalue weighted by Gasteiger charge is 2.35. The van der Waals surface area contributed by atoms with Gasteiger partial charge in [-0.3, -0.25) is 14.4 Å². The topological polar surface area (TPSA) is 137 Å². The summed E-state index contributed by atoms with van der Waals surface area (Å²) in [7, 11) is 0. The van der Waals surface area contributed by atoms with E-state index < -0.39 is 47.9 Å². The molecule has 1 aromatic carbocycles. The molecular weight excluding hydrogens is 472 g/mol. The number of carbonyl (C=O) groups is 4. The number of esters is 1. The Morgan fingerprint density at radius 2 is 1.73 bits per heavy atom. The van der Waals surface area contributed by atoms with Crippen molar-refractivity contribution in [2.45, 2.75) is 97.4 Å². The van der Waals surface area contributed by atoms with Crippen LogP contribution in [-0.2, 0) is 30.3 Å². The highest BCUT2D eigenvalue weighted by molar-refractivity contribution is 5.94. The molecule has 1 saturated heterocycles. The van der Waals surface area contributed by atoms with Gasteiger partial charge in [0.25, 0.3) is 0 Å². The van der Waals surface area contributed by atoms with Crippen molar-refractivity contribution in [3.63, 3.8) is 0 Å². The molecule has 1 aromatic rings. The molecule has 0 spiro atoms. The first-order valence-corrected chi connectivity index (χ1v) is 13.2. The van der Waals surface area contributed by atoms with Crippen LogP contribution in [0.15, 0.2) is 24.3 Å². The van der Waals surface area contributed by atoms with E-state index in [9.17, 15) is 24.4 Å². The number of hydrogen-bond acceptors (Lipinski definition) is 6. The van der Waals surface area contributed by atoms with Gasteiger partial charge < -0.3 is 20.7 Å². The first-order valence-electron chi connectivity index (χ1n) is 13.2. The minimum atomic E-state index is -1.02. The maximum Gasteiger partial charge on any atom is 0.329 e. The van der Waals surface area contributed by atoms with Gasteiger partial charge in [0.05, 0.1) is 18.1 Å². The average Bonchev–Trinajstić information content (AvgIpc) is 2.88. The predicted octanol–water partition coefficient (Wildman–Crippen LogP) is 2.76. The largest absolute Gasteiger partial charge is 0.460 e. The summed E-state index contributed by atoms with van der Waals surface area (Å²) in [5.74, 6) is -2.40. The van der Waals surface area contributed by atoms with Crippen LogP contribution >= 0.6 is 0 Å². The third-order valence-corrected chi connectivity index (χ3v) is 7.03. The maximum absolute atomic E-state index is 13.2. The van der Waals surface area contributed by atoms with Gasteiger partial charge in [0.1, 0.15) is 24.2 Å². The molecule has 0 aliphatic carbocycles. The van der Waals surface area contributed by atoms with E-state index >= 15 is 0 Å². The minimum Gasteiger partial charge on any atom is -0.460 e. The molecule has 3 amide bonds.